The van der Waals surface area contributed by atoms with Crippen LogP contribution in [-0.2, 0) is 14.4 Å². The largest absolute Gasteiger partial charge is 0.481 e. The van der Waals surface area contributed by atoms with Crippen LogP contribution in [0.3, 0.4) is 0 Å². The summed E-state index contributed by atoms with van der Waals surface area (Å²) in [5.74, 6) is -1.28. The Morgan fingerprint density at radius 1 is 1.12 bits per heavy atom. The molecule has 1 N–H and O–H groups in total. The smallest absolute Gasteiger partial charge is 0.310 e. The van der Waals surface area contributed by atoms with Crippen molar-refractivity contribution in [1.29, 1.82) is 0 Å². The van der Waals surface area contributed by atoms with E-state index >= 15 is 0 Å². The second-order valence-electron chi connectivity index (χ2n) is 4.62. The highest BCUT2D eigenvalue weighted by atomic mass is 16.4. The topological polar surface area (TPSA) is 71.4 Å². The molecule has 16 heavy (non-hydrogen) atoms. The Bertz CT molecular complexity index is 279. The molecule has 0 atom stereocenters. The van der Waals surface area contributed by atoms with Crippen LogP contribution in [0, 0.1) is 5.41 Å². The fourth-order valence-corrected chi connectivity index (χ4v) is 1.24. The van der Waals surface area contributed by atoms with Crippen molar-refractivity contribution >= 4 is 17.5 Å². The van der Waals surface area contributed by atoms with Crippen molar-refractivity contribution in [2.24, 2.45) is 5.41 Å². The number of carbonyl (C=O) groups excluding carboxylic acids is 2. The second kappa shape index (κ2) is 6.40. The average Bonchev–Trinajstić information content (AvgIpc) is 2.16. The van der Waals surface area contributed by atoms with E-state index in [0.29, 0.717) is 12.8 Å². The summed E-state index contributed by atoms with van der Waals surface area (Å²) in [6.07, 6.45) is 1.32. The van der Waals surface area contributed by atoms with E-state index in [1.807, 2.05) is 20.8 Å². The lowest BCUT2D eigenvalue weighted by Gasteiger charge is -2.20. The summed E-state index contributed by atoms with van der Waals surface area (Å²) in [6, 6.07) is 0. The van der Waals surface area contributed by atoms with E-state index in [-0.39, 0.29) is 23.4 Å². The third kappa shape index (κ3) is 5.63. The van der Waals surface area contributed by atoms with Gasteiger partial charge in [0.15, 0.2) is 0 Å². The normalized spacial score (nSPS) is 11.2. The zero-order valence-electron chi connectivity index (χ0n) is 10.2. The number of ketones is 2. The van der Waals surface area contributed by atoms with Gasteiger partial charge in [-0.1, -0.05) is 20.8 Å². The maximum atomic E-state index is 11.7. The monoisotopic (exact) mass is 228 g/mol. The number of hydrogen-bond donors (Lipinski definition) is 1. The van der Waals surface area contributed by atoms with Crippen molar-refractivity contribution in [2.75, 3.05) is 0 Å². The van der Waals surface area contributed by atoms with Crippen molar-refractivity contribution in [3.05, 3.63) is 0 Å². The molecule has 0 unspecified atom stereocenters. The summed E-state index contributed by atoms with van der Waals surface area (Å²) in [4.78, 5) is 33.0. The van der Waals surface area contributed by atoms with E-state index in [0.717, 1.165) is 6.42 Å². The standard InChI is InChI=1S/C12H20O4/c1-4-12(2,3)10(14)7-5-6-9(13)8-11(15)16/h4-8H2,1-3H3,(H,15,16). The Morgan fingerprint density at radius 2 is 1.69 bits per heavy atom. The Balaban J connectivity index is 3.87. The first-order chi connectivity index (χ1) is 7.29. The van der Waals surface area contributed by atoms with E-state index in [9.17, 15) is 14.4 Å². The van der Waals surface area contributed by atoms with Gasteiger partial charge < -0.3 is 5.11 Å². The molecule has 0 aliphatic heterocycles. The summed E-state index contributed by atoms with van der Waals surface area (Å²) in [7, 11) is 0. The van der Waals surface area contributed by atoms with Gasteiger partial charge >= 0.3 is 5.97 Å². The van der Waals surface area contributed by atoms with Gasteiger partial charge in [0.2, 0.25) is 0 Å². The van der Waals surface area contributed by atoms with Gasteiger partial charge in [-0.15, -0.1) is 0 Å². The lowest BCUT2D eigenvalue weighted by molar-refractivity contribution is -0.140. The van der Waals surface area contributed by atoms with Crippen molar-refractivity contribution in [3.8, 4) is 0 Å². The van der Waals surface area contributed by atoms with Crippen LogP contribution in [0.15, 0.2) is 0 Å². The number of carboxylic acid groups (broad SMARTS) is 1. The van der Waals surface area contributed by atoms with Gasteiger partial charge in [0.05, 0.1) is 0 Å². The maximum absolute atomic E-state index is 11.7. The Morgan fingerprint density at radius 3 is 2.12 bits per heavy atom. The molecule has 92 valence electrons. The van der Waals surface area contributed by atoms with Crippen LogP contribution in [0.1, 0.15) is 52.9 Å². The molecule has 0 aromatic carbocycles. The predicted octanol–water partition coefficient (Wildman–Crippen LogP) is 2.21. The van der Waals surface area contributed by atoms with Gasteiger partial charge in [-0.25, -0.2) is 0 Å². The van der Waals surface area contributed by atoms with Crippen LogP contribution >= 0.6 is 0 Å². The second-order valence-corrected chi connectivity index (χ2v) is 4.62. The van der Waals surface area contributed by atoms with Gasteiger partial charge in [0, 0.05) is 18.3 Å². The van der Waals surface area contributed by atoms with Gasteiger partial charge in [0.25, 0.3) is 0 Å². The minimum atomic E-state index is -1.11. The number of aliphatic carboxylic acids is 1. The van der Waals surface area contributed by atoms with Gasteiger partial charge in [-0.05, 0) is 12.8 Å². The van der Waals surface area contributed by atoms with Crippen LogP contribution in [0.4, 0.5) is 0 Å². The molecule has 0 fully saturated rings. The Labute approximate surface area is 96.0 Å². The molecule has 0 bridgehead atoms. The summed E-state index contributed by atoms with van der Waals surface area (Å²) in [5.41, 5.74) is -0.337. The number of rotatable bonds is 8. The SMILES string of the molecule is CCC(C)(C)C(=O)CCCC(=O)CC(=O)O. The lowest BCUT2D eigenvalue weighted by Crippen LogP contribution is -2.23. The predicted molar refractivity (Wildman–Crippen MR) is 60.2 cm³/mol. The van der Waals surface area contributed by atoms with Crippen LogP contribution in [0.2, 0.25) is 0 Å². The minimum Gasteiger partial charge on any atom is -0.481 e. The quantitative estimate of drug-likeness (QED) is 0.646. The molecule has 4 heteroatoms. The first-order valence-corrected chi connectivity index (χ1v) is 5.56. The zero-order chi connectivity index (χ0) is 12.8. The maximum Gasteiger partial charge on any atom is 0.310 e. The van der Waals surface area contributed by atoms with E-state index in [1.54, 1.807) is 0 Å². The Hall–Kier alpha value is -1.19. The summed E-state index contributed by atoms with van der Waals surface area (Å²) in [6.45, 7) is 5.72. The lowest BCUT2D eigenvalue weighted by atomic mass is 9.83. The Kier molecular flexibility index (Phi) is 5.93. The fraction of sp³-hybridized carbons (Fsp3) is 0.750. The molecule has 0 amide bonds. The van der Waals surface area contributed by atoms with Gasteiger partial charge in [0.1, 0.15) is 18.0 Å². The molecule has 0 spiro atoms. The molecular weight excluding hydrogens is 208 g/mol. The summed E-state index contributed by atoms with van der Waals surface area (Å²) in [5, 5.41) is 8.37. The number of Topliss-reactive ketones (excluding diaryl/α,β-unsaturated/α-hetero) is 2. The molecule has 0 aromatic rings. The fourth-order valence-electron chi connectivity index (χ4n) is 1.24. The molecular formula is C12H20O4. The zero-order valence-corrected chi connectivity index (χ0v) is 10.2. The van der Waals surface area contributed by atoms with Crippen LogP contribution in [0.5, 0.6) is 0 Å². The third-order valence-corrected chi connectivity index (χ3v) is 2.85. The van der Waals surface area contributed by atoms with Crippen LogP contribution < -0.4 is 0 Å². The molecule has 0 radical (unpaired) electrons. The number of carbonyl (C=O) groups is 3. The molecule has 4 nitrogen and oxygen atoms in total. The molecule has 0 aliphatic carbocycles. The third-order valence-electron chi connectivity index (χ3n) is 2.85. The molecule has 0 saturated heterocycles. The highest BCUT2D eigenvalue weighted by molar-refractivity contribution is 5.94. The molecule has 0 aliphatic rings. The van der Waals surface area contributed by atoms with E-state index in [1.165, 1.54) is 0 Å². The highest BCUT2D eigenvalue weighted by Crippen LogP contribution is 2.23. The van der Waals surface area contributed by atoms with Crippen LogP contribution in [0.25, 0.3) is 0 Å². The minimum absolute atomic E-state index is 0.137. The summed E-state index contributed by atoms with van der Waals surface area (Å²) < 4.78 is 0. The van der Waals surface area contributed by atoms with E-state index in [4.69, 9.17) is 5.11 Å². The summed E-state index contributed by atoms with van der Waals surface area (Å²) >= 11 is 0. The molecule has 0 aromatic heterocycles. The average molecular weight is 228 g/mol. The van der Waals surface area contributed by atoms with E-state index in [2.05, 4.69) is 0 Å². The number of carboxylic acids is 1. The van der Waals surface area contributed by atoms with E-state index < -0.39 is 12.4 Å². The van der Waals surface area contributed by atoms with Crippen LogP contribution in [-0.4, -0.2) is 22.6 Å². The first kappa shape index (κ1) is 14.8. The molecule has 0 rings (SSSR count). The van der Waals surface area contributed by atoms with Crippen molar-refractivity contribution in [1.82, 2.24) is 0 Å². The van der Waals surface area contributed by atoms with Crippen molar-refractivity contribution < 1.29 is 19.5 Å². The number of hydrogen-bond acceptors (Lipinski definition) is 3. The van der Waals surface area contributed by atoms with Crippen molar-refractivity contribution in [2.45, 2.75) is 52.9 Å². The molecule has 0 saturated carbocycles. The highest BCUT2D eigenvalue weighted by Gasteiger charge is 2.24. The van der Waals surface area contributed by atoms with Crippen molar-refractivity contribution in [3.63, 3.8) is 0 Å². The molecule has 0 heterocycles. The van der Waals surface area contributed by atoms with Gasteiger partial charge in [-0.2, -0.15) is 0 Å². The first-order valence-electron chi connectivity index (χ1n) is 5.56. The van der Waals surface area contributed by atoms with Gasteiger partial charge in [-0.3, -0.25) is 14.4 Å².